The molecule has 0 aromatic heterocycles. The van der Waals surface area contributed by atoms with Gasteiger partial charge in [0.05, 0.1) is 26.4 Å². The second kappa shape index (κ2) is 41.9. The van der Waals surface area contributed by atoms with Crippen molar-refractivity contribution in [3.63, 3.8) is 0 Å². The molecule has 0 saturated carbocycles. The highest BCUT2D eigenvalue weighted by molar-refractivity contribution is 7.47. The summed E-state index contributed by atoms with van der Waals surface area (Å²) < 4.78 is 52.9. The number of phosphoric ester groups is 2. The number of unbranched alkanes of at least 4 members (excludes halogenated alkanes) is 19. The number of rotatable bonds is 45. The van der Waals surface area contributed by atoms with Crippen molar-refractivity contribution in [2.75, 3.05) is 39.6 Å². The quantitative estimate of drug-likeness (QED) is 0.0166. The smallest absolute Gasteiger partial charge is 0.463 e. The summed E-state index contributed by atoms with van der Waals surface area (Å²) >= 11 is 0. The topological polar surface area (TPSA) is 225 Å². The molecule has 0 spiro atoms. The molecular weight excluding hydrogens is 842 g/mol. The van der Waals surface area contributed by atoms with Crippen LogP contribution in [0.1, 0.15) is 181 Å². The fraction of sp³-hybridized carbons (Fsp3) is 0.822. The number of hydrogen-bond acceptors (Lipinski definition) is 13. The first-order chi connectivity index (χ1) is 29.8. The molecule has 0 aromatic rings. The summed E-state index contributed by atoms with van der Waals surface area (Å²) in [5.74, 6) is -1.02. The second-order valence-corrected chi connectivity index (χ2v) is 18.7. The summed E-state index contributed by atoms with van der Waals surface area (Å²) in [5.41, 5.74) is 0. The number of phosphoric acid groups is 2. The third kappa shape index (κ3) is 43.5. The summed E-state index contributed by atoms with van der Waals surface area (Å²) in [6.07, 6.45) is 35.6. The van der Waals surface area contributed by atoms with Gasteiger partial charge in [-0.25, -0.2) is 9.13 Å². The lowest BCUT2D eigenvalue weighted by molar-refractivity contribution is -0.148. The number of hydrogen-bond donors (Lipinski definition) is 5. The van der Waals surface area contributed by atoms with E-state index < -0.39 is 85.5 Å². The van der Waals surface area contributed by atoms with Crippen molar-refractivity contribution in [2.45, 2.75) is 199 Å². The molecule has 0 amide bonds. The molecule has 0 aromatic carbocycles. The van der Waals surface area contributed by atoms with Gasteiger partial charge in [0, 0.05) is 12.8 Å². The fourth-order valence-corrected chi connectivity index (χ4v) is 7.47. The Morgan fingerprint density at radius 1 is 0.419 bits per heavy atom. The fourth-order valence-electron chi connectivity index (χ4n) is 5.88. The average molecular weight is 927 g/mol. The maximum absolute atomic E-state index is 12.1. The summed E-state index contributed by atoms with van der Waals surface area (Å²) in [4.78, 5) is 43.7. The van der Waals surface area contributed by atoms with Crippen LogP contribution in [0, 0.1) is 0 Å². The molecule has 0 fully saturated rings. The molecule has 0 aliphatic rings. The maximum atomic E-state index is 12.1. The van der Waals surface area contributed by atoms with Crippen LogP contribution in [-0.4, -0.2) is 95.0 Å². The van der Waals surface area contributed by atoms with Crippen LogP contribution in [0.5, 0.6) is 0 Å². The monoisotopic (exact) mass is 927 g/mol. The highest BCUT2D eigenvalue weighted by Crippen LogP contribution is 2.45. The molecular formula is C45H84O15P2. The molecule has 0 radical (unpaired) electrons. The summed E-state index contributed by atoms with van der Waals surface area (Å²) in [6.45, 7) is 0.357. The van der Waals surface area contributed by atoms with E-state index in [1.54, 1.807) is 0 Å². The predicted molar refractivity (Wildman–Crippen MR) is 242 cm³/mol. The van der Waals surface area contributed by atoms with Gasteiger partial charge >= 0.3 is 27.6 Å². The summed E-state index contributed by atoms with van der Waals surface area (Å²) in [5, 5.41) is 30.0. The number of aliphatic hydroxyl groups excluding tert-OH is 3. The third-order valence-corrected chi connectivity index (χ3v) is 11.5. The van der Waals surface area contributed by atoms with Crippen molar-refractivity contribution in [1.29, 1.82) is 0 Å². The number of allylic oxidation sites excluding steroid dienone is 6. The Hall–Kier alpha value is -1.74. The lowest BCUT2D eigenvalue weighted by atomic mass is 10.1. The van der Waals surface area contributed by atoms with Crippen molar-refractivity contribution in [1.82, 2.24) is 0 Å². The highest BCUT2D eigenvalue weighted by atomic mass is 31.2. The van der Waals surface area contributed by atoms with Crippen LogP contribution in [-0.2, 0) is 46.3 Å². The van der Waals surface area contributed by atoms with E-state index in [1.807, 2.05) is 0 Å². The van der Waals surface area contributed by atoms with E-state index in [9.17, 15) is 43.8 Å². The van der Waals surface area contributed by atoms with Gasteiger partial charge in [0.2, 0.25) is 0 Å². The van der Waals surface area contributed by atoms with Gasteiger partial charge in [0.1, 0.15) is 31.5 Å². The molecule has 62 heavy (non-hydrogen) atoms. The van der Waals surface area contributed by atoms with Crippen LogP contribution in [0.2, 0.25) is 0 Å². The lowest BCUT2D eigenvalue weighted by Crippen LogP contribution is -2.25. The minimum absolute atomic E-state index is 0.177. The molecule has 17 heteroatoms. The Bertz CT molecular complexity index is 1260. The molecule has 5 unspecified atom stereocenters. The Morgan fingerprint density at radius 3 is 1.08 bits per heavy atom. The Morgan fingerprint density at radius 2 is 0.694 bits per heavy atom. The van der Waals surface area contributed by atoms with E-state index in [1.165, 1.54) is 77.0 Å². The van der Waals surface area contributed by atoms with Crippen molar-refractivity contribution in [2.24, 2.45) is 0 Å². The molecule has 5 atom stereocenters. The molecule has 15 nitrogen and oxygen atoms in total. The zero-order valence-corrected chi connectivity index (χ0v) is 39.8. The number of esters is 2. The molecule has 0 aliphatic carbocycles. The molecule has 0 rings (SSSR count). The minimum Gasteiger partial charge on any atom is -0.463 e. The third-order valence-electron chi connectivity index (χ3n) is 9.57. The molecule has 0 saturated heterocycles. The Labute approximate surface area is 373 Å². The molecule has 364 valence electrons. The van der Waals surface area contributed by atoms with Gasteiger partial charge < -0.3 is 34.6 Å². The average Bonchev–Trinajstić information content (AvgIpc) is 3.24. The molecule has 0 aliphatic heterocycles. The maximum Gasteiger partial charge on any atom is 0.472 e. The van der Waals surface area contributed by atoms with Crippen LogP contribution < -0.4 is 0 Å². The summed E-state index contributed by atoms with van der Waals surface area (Å²) in [6, 6.07) is 0. The minimum atomic E-state index is -4.79. The van der Waals surface area contributed by atoms with E-state index in [0.29, 0.717) is 12.8 Å². The summed E-state index contributed by atoms with van der Waals surface area (Å²) in [7, 11) is -9.57. The Balaban J connectivity index is 3.91. The molecule has 5 N–H and O–H groups in total. The van der Waals surface area contributed by atoms with E-state index in [0.717, 1.165) is 64.2 Å². The van der Waals surface area contributed by atoms with Gasteiger partial charge in [-0.15, -0.1) is 0 Å². The molecule has 0 heterocycles. The molecule has 0 bridgehead atoms. The van der Waals surface area contributed by atoms with Gasteiger partial charge in [0.25, 0.3) is 0 Å². The normalized spacial score (nSPS) is 15.5. The zero-order chi connectivity index (χ0) is 46.0. The SMILES string of the molecule is CCCCC/C=C\C/C=C\CCCCCCCCCC(=O)OCC(O)COP(=O)(O)OCC(O)COP(=O)(O)OCC(O)COC(=O)CCCCC/C=C\CCCCCCCC. The zero-order valence-electron chi connectivity index (χ0n) is 38.0. The number of aliphatic hydroxyl groups is 3. The van der Waals surface area contributed by atoms with Gasteiger partial charge in [-0.3, -0.25) is 27.7 Å². The van der Waals surface area contributed by atoms with Crippen LogP contribution in [0.4, 0.5) is 0 Å². The highest BCUT2D eigenvalue weighted by Gasteiger charge is 2.28. The lowest BCUT2D eigenvalue weighted by Gasteiger charge is -2.19. The van der Waals surface area contributed by atoms with Crippen molar-refractivity contribution >= 4 is 27.6 Å². The van der Waals surface area contributed by atoms with Crippen molar-refractivity contribution < 1.29 is 71.4 Å². The predicted octanol–water partition coefficient (Wildman–Crippen LogP) is 10.3. The van der Waals surface area contributed by atoms with Gasteiger partial charge in [-0.05, 0) is 70.6 Å². The van der Waals surface area contributed by atoms with Crippen molar-refractivity contribution in [3.8, 4) is 0 Å². The van der Waals surface area contributed by atoms with E-state index >= 15 is 0 Å². The first-order valence-electron chi connectivity index (χ1n) is 23.3. The van der Waals surface area contributed by atoms with Crippen LogP contribution in [0.25, 0.3) is 0 Å². The first kappa shape index (κ1) is 60.3. The van der Waals surface area contributed by atoms with E-state index in [2.05, 4.69) is 68.4 Å². The van der Waals surface area contributed by atoms with E-state index in [-0.39, 0.29) is 12.8 Å². The van der Waals surface area contributed by atoms with Crippen LogP contribution in [0.3, 0.4) is 0 Å². The van der Waals surface area contributed by atoms with Crippen LogP contribution >= 0.6 is 15.6 Å². The van der Waals surface area contributed by atoms with Gasteiger partial charge in [-0.2, -0.15) is 0 Å². The number of carbonyl (C=O) groups is 2. The van der Waals surface area contributed by atoms with Crippen LogP contribution in [0.15, 0.2) is 36.5 Å². The number of carbonyl (C=O) groups excluding carboxylic acids is 2. The van der Waals surface area contributed by atoms with Crippen molar-refractivity contribution in [3.05, 3.63) is 36.5 Å². The Kier molecular flexibility index (Phi) is 40.8. The standard InChI is InChI=1S/C45H84O15P2/c1-3-5-7-9-11-13-15-17-18-19-20-22-24-26-28-30-32-34-45(50)56-36-42(47)38-58-62(53,54)60-40-43(48)39-59-61(51,52)57-37-41(46)35-55-44(49)33-31-29-27-25-23-21-16-14-12-10-8-6-4-2/h11,13,17-18,21,23,41-43,46-48H,3-10,12,14-16,19-20,22,24-40H2,1-2H3,(H,51,52)(H,53,54)/b13-11-,18-17-,23-21-. The number of ether oxygens (including phenoxy) is 2. The largest absolute Gasteiger partial charge is 0.472 e. The van der Waals surface area contributed by atoms with Gasteiger partial charge in [-0.1, -0.05) is 134 Å². The second-order valence-electron chi connectivity index (χ2n) is 15.8. The first-order valence-corrected chi connectivity index (χ1v) is 26.3. The van der Waals surface area contributed by atoms with Gasteiger partial charge in [0.15, 0.2) is 0 Å². The van der Waals surface area contributed by atoms with E-state index in [4.69, 9.17) is 9.47 Å².